The first-order valence-electron chi connectivity index (χ1n) is 28.1. The minimum Gasteiger partial charge on any atom is -0.756 e. The first kappa shape index (κ1) is 64.5. The van der Waals surface area contributed by atoms with Gasteiger partial charge in [0.1, 0.15) is 19.3 Å². The Bertz CT molecular complexity index is 1190. The number of phosphoric ester groups is 1. The number of unbranched alkanes of at least 4 members (excludes halogenated alkanes) is 33. The normalized spacial score (nSPS) is 14.0. The monoisotopic (exact) mass is 953 g/mol. The molecule has 66 heavy (non-hydrogen) atoms. The van der Waals surface area contributed by atoms with Crippen molar-refractivity contribution in [2.24, 2.45) is 0 Å². The van der Waals surface area contributed by atoms with Crippen LogP contribution in [0.3, 0.4) is 0 Å². The van der Waals surface area contributed by atoms with Gasteiger partial charge in [-0.15, -0.1) is 0 Å². The van der Waals surface area contributed by atoms with Gasteiger partial charge in [0.05, 0.1) is 33.8 Å². The Balaban J connectivity index is 5.37. The highest BCUT2D eigenvalue weighted by Gasteiger charge is 2.27. The van der Waals surface area contributed by atoms with Gasteiger partial charge in [0, 0.05) is 12.8 Å². The van der Waals surface area contributed by atoms with Crippen molar-refractivity contribution in [1.29, 1.82) is 0 Å². The van der Waals surface area contributed by atoms with Crippen molar-refractivity contribution in [3.05, 3.63) is 24.3 Å². The third kappa shape index (κ3) is 47.6. The highest BCUT2D eigenvalue weighted by molar-refractivity contribution is 7.45. The summed E-state index contributed by atoms with van der Waals surface area (Å²) in [7, 11) is 1.19. The Morgan fingerprint density at radius 3 is 1.30 bits per heavy atom. The number of hydrogen-bond acceptors (Lipinski definition) is 7. The molecule has 1 N–H and O–H groups in total. The van der Waals surface area contributed by atoms with Crippen LogP contribution < -0.4 is 10.2 Å². The fraction of sp³-hybridized carbons (Fsp3) is 0.893. The maximum Gasteiger partial charge on any atom is 0.306 e. The number of quaternary nitrogens is 1. The van der Waals surface area contributed by atoms with E-state index < -0.39 is 20.0 Å². The van der Waals surface area contributed by atoms with Crippen molar-refractivity contribution in [2.75, 3.05) is 40.9 Å². The molecule has 0 saturated heterocycles. The molecule has 0 aromatic carbocycles. The van der Waals surface area contributed by atoms with Gasteiger partial charge in [-0.3, -0.25) is 14.2 Å². The van der Waals surface area contributed by atoms with Gasteiger partial charge in [-0.05, 0) is 57.4 Å². The van der Waals surface area contributed by atoms with Crippen LogP contribution >= 0.6 is 7.82 Å². The lowest BCUT2D eigenvalue weighted by Crippen LogP contribution is -2.47. The van der Waals surface area contributed by atoms with Crippen LogP contribution in [0.2, 0.25) is 0 Å². The van der Waals surface area contributed by atoms with E-state index in [1.807, 2.05) is 33.3 Å². The summed E-state index contributed by atoms with van der Waals surface area (Å²) in [6, 6.07) is -0.886. The van der Waals surface area contributed by atoms with Crippen LogP contribution in [0.5, 0.6) is 0 Å². The van der Waals surface area contributed by atoms with Crippen molar-refractivity contribution in [3.63, 3.8) is 0 Å². The Morgan fingerprint density at radius 2 is 0.879 bits per heavy atom. The zero-order valence-corrected chi connectivity index (χ0v) is 45.3. The van der Waals surface area contributed by atoms with E-state index in [0.717, 1.165) is 64.2 Å². The number of likely N-dealkylation sites (N-methyl/N-ethyl adjacent to an activating group) is 1. The molecule has 0 saturated carbocycles. The maximum atomic E-state index is 13.5. The van der Waals surface area contributed by atoms with E-state index in [9.17, 15) is 19.0 Å². The lowest BCUT2D eigenvalue weighted by molar-refractivity contribution is -0.870. The second-order valence-electron chi connectivity index (χ2n) is 20.4. The van der Waals surface area contributed by atoms with Crippen LogP contribution in [0, 0.1) is 0 Å². The smallest absolute Gasteiger partial charge is 0.306 e. The number of amides is 1. The summed E-state index contributed by atoms with van der Waals surface area (Å²) < 4.78 is 30.2. The summed E-state index contributed by atoms with van der Waals surface area (Å²) in [5.74, 6) is -0.549. The Kier molecular flexibility index (Phi) is 46.1. The molecule has 0 rings (SSSR count). The Labute approximate surface area is 409 Å². The molecule has 3 unspecified atom stereocenters. The number of nitrogens with zero attached hydrogens (tertiary/aromatic N) is 1. The van der Waals surface area contributed by atoms with Gasteiger partial charge in [-0.1, -0.05) is 225 Å². The van der Waals surface area contributed by atoms with Crippen LogP contribution in [0.25, 0.3) is 0 Å². The van der Waals surface area contributed by atoms with Gasteiger partial charge in [0.25, 0.3) is 7.82 Å². The van der Waals surface area contributed by atoms with E-state index in [-0.39, 0.29) is 31.5 Å². The summed E-state index contributed by atoms with van der Waals surface area (Å²) in [6.07, 6.45) is 52.8. The number of carbonyl (C=O) groups is 2. The number of rotatable bonds is 51. The first-order valence-corrected chi connectivity index (χ1v) is 29.6. The van der Waals surface area contributed by atoms with E-state index in [4.69, 9.17) is 13.8 Å². The predicted molar refractivity (Wildman–Crippen MR) is 280 cm³/mol. The number of hydrogen-bond donors (Lipinski definition) is 1. The van der Waals surface area contributed by atoms with Gasteiger partial charge >= 0.3 is 5.97 Å². The minimum atomic E-state index is -4.69. The topological polar surface area (TPSA) is 114 Å². The van der Waals surface area contributed by atoms with Gasteiger partial charge in [-0.2, -0.15) is 0 Å². The molecule has 0 aliphatic heterocycles. The lowest BCUT2D eigenvalue weighted by atomic mass is 10.0. The number of ether oxygens (including phenoxy) is 1. The van der Waals surface area contributed by atoms with E-state index in [1.54, 1.807) is 0 Å². The summed E-state index contributed by atoms with van der Waals surface area (Å²) in [5, 5.41) is 3.02. The second-order valence-corrected chi connectivity index (χ2v) is 21.9. The van der Waals surface area contributed by atoms with Crippen molar-refractivity contribution < 1.29 is 37.3 Å². The van der Waals surface area contributed by atoms with Gasteiger partial charge in [-0.25, -0.2) is 0 Å². The van der Waals surface area contributed by atoms with Crippen molar-refractivity contribution in [1.82, 2.24) is 5.32 Å². The van der Waals surface area contributed by atoms with Crippen LogP contribution in [0.1, 0.15) is 271 Å². The fourth-order valence-corrected chi connectivity index (χ4v) is 8.95. The summed E-state index contributed by atoms with van der Waals surface area (Å²) in [5.41, 5.74) is 0. The quantitative estimate of drug-likeness (QED) is 0.0212. The zero-order chi connectivity index (χ0) is 48.7. The molecule has 3 atom stereocenters. The minimum absolute atomic E-state index is 0.0212. The molecule has 0 aliphatic rings. The van der Waals surface area contributed by atoms with Crippen molar-refractivity contribution >= 4 is 19.7 Å². The van der Waals surface area contributed by atoms with E-state index in [2.05, 4.69) is 38.2 Å². The number of esters is 1. The molecule has 10 heteroatoms. The molecule has 0 aromatic rings. The molecule has 0 bridgehead atoms. The molecule has 0 spiro atoms. The fourth-order valence-electron chi connectivity index (χ4n) is 8.22. The van der Waals surface area contributed by atoms with Crippen LogP contribution in [-0.4, -0.2) is 69.4 Å². The number of allylic oxidation sites excluding steroid dienone is 3. The molecule has 0 fully saturated rings. The Morgan fingerprint density at radius 1 is 0.515 bits per heavy atom. The number of nitrogens with one attached hydrogen (secondary N) is 1. The zero-order valence-electron chi connectivity index (χ0n) is 44.4. The maximum absolute atomic E-state index is 13.5. The third-order valence-electron chi connectivity index (χ3n) is 12.6. The SMILES string of the molecule is CCCCCCCC/C=C\CCCCCC(=O)OC(/C=C/CCCCCCCCCCCC)C(COP(=O)([O-])OCC[N+](C)(C)C)NC(=O)CCCCCCCCCCCCCCCCC. The molecule has 1 amide bonds. The second kappa shape index (κ2) is 47.2. The molecule has 0 radical (unpaired) electrons. The average Bonchev–Trinajstić information content (AvgIpc) is 3.27. The van der Waals surface area contributed by atoms with E-state index >= 15 is 0 Å². The molecular weight excluding hydrogens is 844 g/mol. The molecule has 0 aromatic heterocycles. The highest BCUT2D eigenvalue weighted by atomic mass is 31.2. The molecule has 0 heterocycles. The first-order chi connectivity index (χ1) is 31.9. The molecule has 390 valence electrons. The van der Waals surface area contributed by atoms with E-state index in [0.29, 0.717) is 23.9 Å². The highest BCUT2D eigenvalue weighted by Crippen LogP contribution is 2.38. The lowest BCUT2D eigenvalue weighted by Gasteiger charge is -2.30. The van der Waals surface area contributed by atoms with Crippen molar-refractivity contribution in [2.45, 2.75) is 283 Å². The van der Waals surface area contributed by atoms with E-state index in [1.165, 1.54) is 167 Å². The summed E-state index contributed by atoms with van der Waals surface area (Å²) >= 11 is 0. The summed E-state index contributed by atoms with van der Waals surface area (Å²) in [6.45, 7) is 6.84. The van der Waals surface area contributed by atoms with Crippen LogP contribution in [0.15, 0.2) is 24.3 Å². The largest absolute Gasteiger partial charge is 0.756 e. The van der Waals surface area contributed by atoms with Crippen molar-refractivity contribution in [3.8, 4) is 0 Å². The average molecular weight is 953 g/mol. The van der Waals surface area contributed by atoms with Crippen LogP contribution in [0.4, 0.5) is 0 Å². The van der Waals surface area contributed by atoms with Gasteiger partial charge in [0.15, 0.2) is 0 Å². The van der Waals surface area contributed by atoms with Gasteiger partial charge in [0.2, 0.25) is 5.91 Å². The number of phosphoric acid groups is 1. The predicted octanol–water partition coefficient (Wildman–Crippen LogP) is 16.0. The third-order valence-corrected chi connectivity index (χ3v) is 13.6. The van der Waals surface area contributed by atoms with Gasteiger partial charge < -0.3 is 28.5 Å². The number of carbonyl (C=O) groups excluding carboxylic acids is 2. The molecule has 9 nitrogen and oxygen atoms in total. The Hall–Kier alpha value is -1.51. The molecule has 0 aliphatic carbocycles. The van der Waals surface area contributed by atoms with Crippen LogP contribution in [-0.2, 0) is 27.9 Å². The summed E-state index contributed by atoms with van der Waals surface area (Å²) in [4.78, 5) is 39.7. The standard InChI is InChI=1S/C56H109N2O7P/c1-7-10-13-16-19-22-25-28-29-31-33-36-39-42-45-48-55(59)57-53(52-64-66(61,62)63-51-50-58(4,5)6)54(47-44-41-38-35-32-27-24-21-18-15-12-9-3)65-56(60)49-46-43-40-37-34-30-26-23-20-17-14-11-8-2/h30,34,44,47,53-54H,7-29,31-33,35-43,45-46,48-52H2,1-6H3,(H-,57,59,61,62)/b34-30-,47-44+. The molecular formula is C56H109N2O7P.